The minimum atomic E-state index is 0. The summed E-state index contributed by atoms with van der Waals surface area (Å²) in [6, 6.07) is 0.431. The fourth-order valence-corrected chi connectivity index (χ4v) is 1.03. The topological polar surface area (TPSA) is 26.0 Å². The number of rotatable bonds is 0. The van der Waals surface area contributed by atoms with Gasteiger partial charge >= 0.3 is 0 Å². The van der Waals surface area contributed by atoms with E-state index in [9.17, 15) is 0 Å². The molecular weight excluding hydrogens is 175 g/mol. The Morgan fingerprint density at radius 2 is 2.25 bits per heavy atom. The van der Waals surface area contributed by atoms with Crippen LogP contribution in [0, 0.1) is 5.92 Å². The first kappa shape index (κ1) is 9.06. The molecule has 0 aromatic carbocycles. The predicted molar refractivity (Wildman–Crippen MR) is 30.7 cm³/mol. The minimum absolute atomic E-state index is 0. The molecular formula is C6H12NY-. The summed E-state index contributed by atoms with van der Waals surface area (Å²) in [6.45, 7) is 2.15. The van der Waals surface area contributed by atoms with Gasteiger partial charge in [0.05, 0.1) is 0 Å². The Morgan fingerprint density at radius 1 is 1.62 bits per heavy atom. The molecule has 0 amide bonds. The van der Waals surface area contributed by atoms with E-state index in [1.165, 1.54) is 25.2 Å². The van der Waals surface area contributed by atoms with E-state index in [-0.39, 0.29) is 32.7 Å². The van der Waals surface area contributed by atoms with Crippen LogP contribution in [0.2, 0.25) is 0 Å². The van der Waals surface area contributed by atoms with Gasteiger partial charge in [0.1, 0.15) is 0 Å². The summed E-state index contributed by atoms with van der Waals surface area (Å²) in [6.07, 6.45) is 3.79. The summed E-state index contributed by atoms with van der Waals surface area (Å²) in [4.78, 5) is 0. The van der Waals surface area contributed by atoms with E-state index in [1.807, 2.05) is 0 Å². The zero-order chi connectivity index (χ0) is 5.28. The van der Waals surface area contributed by atoms with Crippen molar-refractivity contribution in [2.75, 3.05) is 0 Å². The monoisotopic (exact) mass is 187 g/mol. The van der Waals surface area contributed by atoms with Crippen LogP contribution >= 0.6 is 0 Å². The fraction of sp³-hybridized carbons (Fsp3) is 0.833. The summed E-state index contributed by atoms with van der Waals surface area (Å²) in [5, 5.41) is 0. The molecule has 0 aliphatic heterocycles. The molecule has 8 heavy (non-hydrogen) atoms. The molecule has 1 fully saturated rings. The third-order valence-electron chi connectivity index (χ3n) is 1.72. The summed E-state index contributed by atoms with van der Waals surface area (Å²) >= 11 is 0. The van der Waals surface area contributed by atoms with E-state index in [2.05, 4.69) is 6.92 Å². The third kappa shape index (κ3) is 2.12. The van der Waals surface area contributed by atoms with Crippen LogP contribution in [-0.4, -0.2) is 6.04 Å². The van der Waals surface area contributed by atoms with Crippen molar-refractivity contribution in [3.05, 3.63) is 5.92 Å². The molecule has 45 valence electrons. The summed E-state index contributed by atoms with van der Waals surface area (Å²) in [7, 11) is 0. The van der Waals surface area contributed by atoms with Gasteiger partial charge in [-0.3, -0.25) is 0 Å². The molecule has 1 saturated carbocycles. The van der Waals surface area contributed by atoms with Gasteiger partial charge in [-0.15, -0.1) is 6.04 Å². The molecule has 1 atom stereocenters. The first-order valence-corrected chi connectivity index (χ1v) is 2.88. The Bertz CT molecular complexity index is 57.5. The normalized spacial score (nSPS) is 30.0. The predicted octanol–water partition coefficient (Wildman–Crippen LogP) is 1.09. The maximum absolute atomic E-state index is 5.64. The Morgan fingerprint density at radius 3 is 2.38 bits per heavy atom. The van der Waals surface area contributed by atoms with Gasteiger partial charge in [0, 0.05) is 32.7 Å². The quantitative estimate of drug-likeness (QED) is 0.564. The summed E-state index contributed by atoms with van der Waals surface area (Å²) < 4.78 is 0. The van der Waals surface area contributed by atoms with Gasteiger partial charge in [-0.1, -0.05) is 12.8 Å². The van der Waals surface area contributed by atoms with Crippen molar-refractivity contribution in [2.24, 2.45) is 5.73 Å². The van der Waals surface area contributed by atoms with E-state index in [0.29, 0.717) is 6.04 Å². The summed E-state index contributed by atoms with van der Waals surface area (Å²) in [5.41, 5.74) is 5.64. The number of hydrogen-bond donors (Lipinski definition) is 1. The van der Waals surface area contributed by atoms with Crippen LogP contribution in [0.4, 0.5) is 0 Å². The average Bonchev–Trinajstić information content (AvgIpc) is 1.91. The Kier molecular flexibility index (Phi) is 4.50. The van der Waals surface area contributed by atoms with Gasteiger partial charge in [0.25, 0.3) is 0 Å². The van der Waals surface area contributed by atoms with Crippen LogP contribution in [0.3, 0.4) is 0 Å². The van der Waals surface area contributed by atoms with Crippen molar-refractivity contribution >= 4 is 0 Å². The van der Waals surface area contributed by atoms with E-state index in [4.69, 9.17) is 5.73 Å². The SMILES string of the molecule is C[C-]1CCC[C@H]1N.[Y]. The van der Waals surface area contributed by atoms with Crippen LogP contribution in [0.25, 0.3) is 0 Å². The van der Waals surface area contributed by atoms with Crippen molar-refractivity contribution < 1.29 is 32.7 Å². The van der Waals surface area contributed by atoms with Gasteiger partial charge in [0.2, 0.25) is 0 Å². The molecule has 0 unspecified atom stereocenters. The summed E-state index contributed by atoms with van der Waals surface area (Å²) in [5.74, 6) is 1.49. The Balaban J connectivity index is 0.000000490. The molecule has 1 rings (SSSR count). The first-order chi connectivity index (χ1) is 3.30. The molecule has 1 nitrogen and oxygen atoms in total. The second-order valence-electron chi connectivity index (χ2n) is 2.35. The van der Waals surface area contributed by atoms with Gasteiger partial charge in [-0.25, -0.2) is 0 Å². The number of nitrogens with two attached hydrogens (primary N) is 1. The maximum Gasteiger partial charge on any atom is 0 e. The Labute approximate surface area is 76.3 Å². The van der Waals surface area contributed by atoms with E-state index >= 15 is 0 Å². The van der Waals surface area contributed by atoms with E-state index in [0.717, 1.165) is 0 Å². The molecule has 1 aliphatic rings. The smallest absolute Gasteiger partial charge is 0 e. The molecule has 0 bridgehead atoms. The maximum atomic E-state index is 5.64. The van der Waals surface area contributed by atoms with Crippen LogP contribution in [0.5, 0.6) is 0 Å². The van der Waals surface area contributed by atoms with Gasteiger partial charge < -0.3 is 11.7 Å². The van der Waals surface area contributed by atoms with Crippen LogP contribution < -0.4 is 5.73 Å². The second-order valence-corrected chi connectivity index (χ2v) is 2.35. The molecule has 0 heterocycles. The van der Waals surface area contributed by atoms with Crippen LogP contribution in [0.1, 0.15) is 26.2 Å². The Hall–Kier alpha value is 1.06. The van der Waals surface area contributed by atoms with Gasteiger partial charge in [0.15, 0.2) is 0 Å². The second kappa shape index (κ2) is 3.97. The van der Waals surface area contributed by atoms with Crippen molar-refractivity contribution in [2.45, 2.75) is 32.2 Å². The van der Waals surface area contributed by atoms with Crippen molar-refractivity contribution in [3.63, 3.8) is 0 Å². The molecule has 0 aromatic heterocycles. The molecule has 0 saturated heterocycles. The van der Waals surface area contributed by atoms with Crippen LogP contribution in [-0.2, 0) is 32.7 Å². The zero-order valence-corrected chi connectivity index (χ0v) is 8.19. The third-order valence-corrected chi connectivity index (χ3v) is 1.72. The number of hydrogen-bond acceptors (Lipinski definition) is 1. The molecule has 1 aliphatic carbocycles. The zero-order valence-electron chi connectivity index (χ0n) is 5.35. The van der Waals surface area contributed by atoms with Gasteiger partial charge in [-0.2, -0.15) is 13.3 Å². The molecule has 2 heteroatoms. The average molecular weight is 187 g/mol. The fourth-order valence-electron chi connectivity index (χ4n) is 1.03. The minimum Gasteiger partial charge on any atom is -0.357 e. The largest absolute Gasteiger partial charge is 0.357 e. The van der Waals surface area contributed by atoms with Gasteiger partial charge in [-0.05, 0) is 0 Å². The first-order valence-electron chi connectivity index (χ1n) is 2.88. The van der Waals surface area contributed by atoms with Crippen molar-refractivity contribution in [3.8, 4) is 0 Å². The molecule has 2 N–H and O–H groups in total. The van der Waals surface area contributed by atoms with Crippen molar-refractivity contribution in [1.82, 2.24) is 0 Å². The van der Waals surface area contributed by atoms with E-state index in [1.54, 1.807) is 0 Å². The van der Waals surface area contributed by atoms with Crippen LogP contribution in [0.15, 0.2) is 0 Å². The standard InChI is InChI=1S/C6H12N.Y/c1-5-3-2-4-6(5)7;/h6H,2-4,7H2,1H3;/q-1;/t6-;/m1./s1. The molecule has 0 spiro atoms. The van der Waals surface area contributed by atoms with E-state index < -0.39 is 0 Å². The molecule has 0 aromatic rings. The van der Waals surface area contributed by atoms with Crippen molar-refractivity contribution in [1.29, 1.82) is 0 Å². The molecule has 1 radical (unpaired) electrons.